The average molecular weight is 746 g/mol. The first-order valence-corrected chi connectivity index (χ1v) is 16.6. The number of carbonyl (C=O) groups excluding carboxylic acids is 1. The predicted molar refractivity (Wildman–Crippen MR) is 175 cm³/mol. The van der Waals surface area contributed by atoms with E-state index in [-0.39, 0.29) is 25.9 Å². The number of alkyl halides is 8. The van der Waals surface area contributed by atoms with Crippen molar-refractivity contribution in [3.8, 4) is 22.6 Å². The molecule has 0 unspecified atom stereocenters. The number of halogens is 8. The Morgan fingerprint density at radius 3 is 2.02 bits per heavy atom. The monoisotopic (exact) mass is 745 g/mol. The SMILES string of the molecule is COc1ccc(CN2CCC(F)(F)CC2)c(OC)c1-c1cccc2c(C[C@H](NC(=O)C3(C(F)(F)F)CCN(CC(F)(F)F)CC3)C(=O)O)cccc12. The van der Waals surface area contributed by atoms with E-state index in [4.69, 9.17) is 9.47 Å². The highest BCUT2D eigenvalue weighted by atomic mass is 19.4. The fraction of sp³-hybridized carbons (Fsp3) is 0.500. The number of hydrogen-bond acceptors (Lipinski definition) is 6. The first-order chi connectivity index (χ1) is 24.4. The van der Waals surface area contributed by atoms with Gasteiger partial charge < -0.3 is 19.9 Å². The molecule has 5 rings (SSSR count). The molecule has 52 heavy (non-hydrogen) atoms. The van der Waals surface area contributed by atoms with Gasteiger partial charge in [-0.2, -0.15) is 26.3 Å². The minimum atomic E-state index is -5.15. The Hall–Kier alpha value is -4.18. The lowest BCUT2D eigenvalue weighted by Crippen LogP contribution is -2.59. The van der Waals surface area contributed by atoms with Gasteiger partial charge in [0.2, 0.25) is 5.91 Å². The van der Waals surface area contributed by atoms with Crippen LogP contribution in [0.2, 0.25) is 0 Å². The van der Waals surface area contributed by atoms with Gasteiger partial charge in [0, 0.05) is 44.5 Å². The molecule has 0 spiro atoms. The smallest absolute Gasteiger partial charge is 0.403 e. The highest BCUT2D eigenvalue weighted by molar-refractivity contribution is 6.01. The molecule has 2 fully saturated rings. The van der Waals surface area contributed by atoms with E-state index in [2.05, 4.69) is 5.32 Å². The standard InChI is InChI=1S/C36H39F8N3O5/c1-51-28-10-9-23(20-46-17-13-34(37,38)14-18-46)30(52-2)29(28)26-8-4-6-24-22(5-3-7-25(24)26)19-27(31(48)49)45-32(50)33(36(42,43)44)11-15-47(16-12-33)21-35(39,40)41/h3-10,27H,11-21H2,1-2H3,(H,45,50)(H,48,49)/t27-/m0/s1. The van der Waals surface area contributed by atoms with Crippen LogP contribution >= 0.6 is 0 Å². The molecule has 0 radical (unpaired) electrons. The summed E-state index contributed by atoms with van der Waals surface area (Å²) in [7, 11) is 2.94. The van der Waals surface area contributed by atoms with E-state index in [9.17, 15) is 49.8 Å². The number of ether oxygens (including phenoxy) is 2. The summed E-state index contributed by atoms with van der Waals surface area (Å²) in [5.74, 6) is -5.06. The number of carboxylic acids is 1. The third-order valence-corrected chi connectivity index (χ3v) is 10.0. The van der Waals surface area contributed by atoms with Gasteiger partial charge in [0.05, 0.1) is 26.3 Å². The van der Waals surface area contributed by atoms with Crippen molar-refractivity contribution in [2.75, 3.05) is 46.9 Å². The van der Waals surface area contributed by atoms with Gasteiger partial charge in [-0.25, -0.2) is 13.6 Å². The minimum absolute atomic E-state index is 0.191. The van der Waals surface area contributed by atoms with E-state index in [0.29, 0.717) is 51.1 Å². The Bertz CT molecular complexity index is 1760. The third kappa shape index (κ3) is 8.38. The number of hydrogen-bond donors (Lipinski definition) is 2. The molecule has 2 saturated heterocycles. The van der Waals surface area contributed by atoms with Crippen LogP contribution in [0.5, 0.6) is 11.5 Å². The molecule has 284 valence electrons. The number of nitrogens with zero attached hydrogens (tertiary/aromatic N) is 2. The molecule has 0 aliphatic carbocycles. The van der Waals surface area contributed by atoms with Gasteiger partial charge in [-0.3, -0.25) is 14.6 Å². The highest BCUT2D eigenvalue weighted by Crippen LogP contribution is 2.48. The molecule has 3 aromatic carbocycles. The van der Waals surface area contributed by atoms with Crippen LogP contribution in [0, 0.1) is 5.41 Å². The maximum atomic E-state index is 14.4. The number of rotatable bonds is 11. The predicted octanol–water partition coefficient (Wildman–Crippen LogP) is 7.07. The van der Waals surface area contributed by atoms with Gasteiger partial charge in [-0.15, -0.1) is 0 Å². The summed E-state index contributed by atoms with van der Waals surface area (Å²) in [6, 6.07) is 11.9. The Kier molecular flexibility index (Phi) is 11.3. The number of amides is 1. The zero-order valence-electron chi connectivity index (χ0n) is 28.5. The Morgan fingerprint density at radius 1 is 0.827 bits per heavy atom. The lowest BCUT2D eigenvalue weighted by molar-refractivity contribution is -0.236. The first-order valence-electron chi connectivity index (χ1n) is 16.6. The first kappa shape index (κ1) is 39.0. The zero-order valence-corrected chi connectivity index (χ0v) is 28.5. The van der Waals surface area contributed by atoms with Crippen LogP contribution in [0.15, 0.2) is 48.5 Å². The lowest BCUT2D eigenvalue weighted by Gasteiger charge is -2.42. The maximum absolute atomic E-state index is 14.4. The summed E-state index contributed by atoms with van der Waals surface area (Å²) in [6.07, 6.45) is -12.7. The van der Waals surface area contributed by atoms with Gasteiger partial charge in [0.15, 0.2) is 0 Å². The fourth-order valence-electron chi connectivity index (χ4n) is 7.14. The fourth-order valence-corrected chi connectivity index (χ4v) is 7.14. The number of aliphatic carboxylic acids is 1. The van der Waals surface area contributed by atoms with Gasteiger partial charge in [-0.05, 0) is 53.9 Å². The quantitative estimate of drug-likeness (QED) is 0.203. The molecule has 1 amide bonds. The second-order valence-corrected chi connectivity index (χ2v) is 13.3. The molecule has 16 heteroatoms. The number of benzene rings is 3. The Balaban J connectivity index is 1.45. The van der Waals surface area contributed by atoms with Crippen molar-refractivity contribution in [1.82, 2.24) is 15.1 Å². The summed E-state index contributed by atoms with van der Waals surface area (Å²) in [5, 5.41) is 13.2. The molecule has 0 saturated carbocycles. The highest BCUT2D eigenvalue weighted by Gasteiger charge is 2.61. The summed E-state index contributed by atoms with van der Waals surface area (Å²) < 4.78 is 121. The summed E-state index contributed by atoms with van der Waals surface area (Å²) in [5.41, 5.74) is -0.816. The van der Waals surface area contributed by atoms with Crippen LogP contribution in [0.1, 0.15) is 36.8 Å². The van der Waals surface area contributed by atoms with Crippen molar-refractivity contribution in [1.29, 1.82) is 0 Å². The Morgan fingerprint density at radius 2 is 1.44 bits per heavy atom. The number of nitrogens with one attached hydrogen (secondary N) is 1. The van der Waals surface area contributed by atoms with Crippen LogP contribution in [0.4, 0.5) is 35.1 Å². The topological polar surface area (TPSA) is 91.3 Å². The van der Waals surface area contributed by atoms with Crippen molar-refractivity contribution in [2.45, 2.75) is 63.0 Å². The number of carboxylic acid groups (broad SMARTS) is 1. The molecule has 0 aromatic heterocycles. The molecular formula is C36H39F8N3O5. The molecular weight excluding hydrogens is 706 g/mol. The summed E-state index contributed by atoms with van der Waals surface area (Å²) >= 11 is 0. The normalized spacial score (nSPS) is 18.9. The van der Waals surface area contributed by atoms with Crippen LogP contribution in [-0.2, 0) is 22.6 Å². The van der Waals surface area contributed by atoms with E-state index in [0.717, 1.165) is 4.90 Å². The summed E-state index contributed by atoms with van der Waals surface area (Å²) in [6.45, 7) is -2.03. The van der Waals surface area contributed by atoms with Gasteiger partial charge >= 0.3 is 18.3 Å². The van der Waals surface area contributed by atoms with Crippen LogP contribution in [0.3, 0.4) is 0 Å². The molecule has 3 aromatic rings. The van der Waals surface area contributed by atoms with Gasteiger partial charge in [0.1, 0.15) is 23.0 Å². The van der Waals surface area contributed by atoms with Crippen molar-refractivity contribution in [3.63, 3.8) is 0 Å². The number of likely N-dealkylation sites (tertiary alicyclic amines) is 2. The van der Waals surface area contributed by atoms with E-state index in [1.807, 2.05) is 4.90 Å². The molecule has 2 aliphatic rings. The second-order valence-electron chi connectivity index (χ2n) is 13.3. The van der Waals surface area contributed by atoms with Crippen molar-refractivity contribution in [2.24, 2.45) is 5.41 Å². The van der Waals surface area contributed by atoms with E-state index in [1.54, 1.807) is 48.5 Å². The van der Waals surface area contributed by atoms with Crippen molar-refractivity contribution >= 4 is 22.6 Å². The average Bonchev–Trinajstić information content (AvgIpc) is 3.07. The minimum Gasteiger partial charge on any atom is -0.496 e. The van der Waals surface area contributed by atoms with Gasteiger partial charge in [0.25, 0.3) is 5.92 Å². The van der Waals surface area contributed by atoms with Crippen LogP contribution in [0.25, 0.3) is 21.9 Å². The van der Waals surface area contributed by atoms with E-state index in [1.165, 1.54) is 14.2 Å². The molecule has 2 heterocycles. The van der Waals surface area contributed by atoms with Crippen molar-refractivity contribution < 1.29 is 59.3 Å². The molecule has 2 aliphatic heterocycles. The summed E-state index contributed by atoms with van der Waals surface area (Å²) in [4.78, 5) is 28.4. The molecule has 2 N–H and O–H groups in total. The van der Waals surface area contributed by atoms with Crippen molar-refractivity contribution in [3.05, 3.63) is 59.7 Å². The van der Waals surface area contributed by atoms with Crippen LogP contribution in [-0.4, -0.2) is 98.0 Å². The molecule has 1 atom stereocenters. The lowest BCUT2D eigenvalue weighted by atomic mass is 9.76. The molecule has 8 nitrogen and oxygen atoms in total. The van der Waals surface area contributed by atoms with Gasteiger partial charge in [-0.1, -0.05) is 42.5 Å². The van der Waals surface area contributed by atoms with Crippen LogP contribution < -0.4 is 14.8 Å². The number of methoxy groups -OCH3 is 2. The number of piperidine rings is 2. The van der Waals surface area contributed by atoms with E-state index >= 15 is 0 Å². The number of carbonyl (C=O) groups is 2. The zero-order chi connectivity index (χ0) is 38.1. The second kappa shape index (κ2) is 15.0. The maximum Gasteiger partial charge on any atom is 0.403 e. The Labute approximate surface area is 294 Å². The third-order valence-electron chi connectivity index (χ3n) is 10.0. The molecule has 0 bridgehead atoms. The largest absolute Gasteiger partial charge is 0.496 e. The van der Waals surface area contributed by atoms with E-state index < -0.39 is 80.5 Å². The number of fused-ring (bicyclic) bond motifs is 1.